The highest BCUT2D eigenvalue weighted by atomic mass is 79.9. The van der Waals surface area contributed by atoms with Crippen molar-refractivity contribution in [2.45, 2.75) is 37.1 Å². The molecule has 1 aliphatic carbocycles. The molecule has 1 aliphatic rings. The molecule has 3 N–H and O–H groups in total. The minimum absolute atomic E-state index is 0.102. The van der Waals surface area contributed by atoms with E-state index in [0.29, 0.717) is 5.92 Å². The van der Waals surface area contributed by atoms with Crippen LogP contribution in [0.5, 0.6) is 0 Å². The van der Waals surface area contributed by atoms with E-state index < -0.39 is 10.0 Å². The lowest BCUT2D eigenvalue weighted by Gasteiger charge is -2.14. The molecule has 0 spiro atoms. The van der Waals surface area contributed by atoms with Crippen molar-refractivity contribution in [3.8, 4) is 0 Å². The lowest BCUT2D eigenvalue weighted by Crippen LogP contribution is -2.33. The van der Waals surface area contributed by atoms with Gasteiger partial charge in [0.1, 0.15) is 0 Å². The second kappa shape index (κ2) is 6.24. The Morgan fingerprint density at radius 3 is 2.62 bits per heavy atom. The molecule has 1 aromatic rings. The van der Waals surface area contributed by atoms with Gasteiger partial charge < -0.3 is 5.32 Å². The standard InChI is InChI=1S/C13H16BrClN2O3S/c1-7-2-3-8(4-7)17-13(18)9-5-12(21(16,19)20)10(14)6-11(9)15/h5-8H,2-4H2,1H3,(H,17,18)(H2,16,19,20). The van der Waals surface area contributed by atoms with Gasteiger partial charge in [0.25, 0.3) is 5.91 Å². The van der Waals surface area contributed by atoms with Crippen molar-refractivity contribution in [1.29, 1.82) is 0 Å². The number of hydrogen-bond donors (Lipinski definition) is 2. The number of hydrogen-bond acceptors (Lipinski definition) is 3. The normalized spacial score (nSPS) is 22.3. The van der Waals surface area contributed by atoms with Crippen LogP contribution in [0.1, 0.15) is 36.5 Å². The fourth-order valence-corrected chi connectivity index (χ4v) is 4.54. The van der Waals surface area contributed by atoms with E-state index in [1.54, 1.807) is 0 Å². The van der Waals surface area contributed by atoms with Crippen LogP contribution in [0.2, 0.25) is 5.02 Å². The van der Waals surface area contributed by atoms with Gasteiger partial charge in [-0.3, -0.25) is 4.79 Å². The molecule has 2 unspecified atom stereocenters. The molecule has 0 radical (unpaired) electrons. The lowest BCUT2D eigenvalue weighted by atomic mass is 10.1. The van der Waals surface area contributed by atoms with Crippen molar-refractivity contribution in [1.82, 2.24) is 5.32 Å². The number of halogens is 2. The fourth-order valence-electron chi connectivity index (χ4n) is 2.52. The molecule has 116 valence electrons. The van der Waals surface area contributed by atoms with Gasteiger partial charge in [-0.1, -0.05) is 18.5 Å². The minimum atomic E-state index is -3.93. The lowest BCUT2D eigenvalue weighted by molar-refractivity contribution is 0.0937. The Morgan fingerprint density at radius 2 is 2.10 bits per heavy atom. The third kappa shape index (κ3) is 3.97. The Hall–Kier alpha value is -0.630. The van der Waals surface area contributed by atoms with Gasteiger partial charge in [-0.2, -0.15) is 0 Å². The highest BCUT2D eigenvalue weighted by Crippen LogP contribution is 2.29. The van der Waals surface area contributed by atoms with E-state index >= 15 is 0 Å². The quantitative estimate of drug-likeness (QED) is 0.824. The highest BCUT2D eigenvalue weighted by molar-refractivity contribution is 9.10. The van der Waals surface area contributed by atoms with Crippen molar-refractivity contribution in [3.05, 3.63) is 27.2 Å². The summed E-state index contributed by atoms with van der Waals surface area (Å²) in [6.07, 6.45) is 2.91. The third-order valence-corrected chi connectivity index (χ3v) is 5.78. The van der Waals surface area contributed by atoms with Gasteiger partial charge in [0.05, 0.1) is 15.5 Å². The summed E-state index contributed by atoms with van der Waals surface area (Å²) in [6, 6.07) is 2.67. The molecule has 1 saturated carbocycles. The molecule has 1 aromatic carbocycles. The molecule has 0 heterocycles. The first-order chi connectivity index (χ1) is 9.68. The summed E-state index contributed by atoms with van der Waals surface area (Å²) in [5, 5.41) is 8.19. The summed E-state index contributed by atoms with van der Waals surface area (Å²) in [5.41, 5.74) is 0.114. The largest absolute Gasteiger partial charge is 0.349 e. The number of benzene rings is 1. The van der Waals surface area contributed by atoms with Gasteiger partial charge in [-0.05, 0) is 53.2 Å². The minimum Gasteiger partial charge on any atom is -0.349 e. The van der Waals surface area contributed by atoms with E-state index in [1.165, 1.54) is 12.1 Å². The maximum Gasteiger partial charge on any atom is 0.253 e. The molecule has 0 saturated heterocycles. The second-order valence-corrected chi connectivity index (χ2v) is 8.19. The molecule has 1 fully saturated rings. The first kappa shape index (κ1) is 16.7. The summed E-state index contributed by atoms with van der Waals surface area (Å²) in [4.78, 5) is 12.1. The van der Waals surface area contributed by atoms with Crippen molar-refractivity contribution < 1.29 is 13.2 Å². The Morgan fingerprint density at radius 1 is 1.43 bits per heavy atom. The topological polar surface area (TPSA) is 89.3 Å². The van der Waals surface area contributed by atoms with Gasteiger partial charge in [-0.15, -0.1) is 0 Å². The van der Waals surface area contributed by atoms with Gasteiger partial charge in [0.15, 0.2) is 0 Å². The molecule has 21 heavy (non-hydrogen) atoms. The highest BCUT2D eigenvalue weighted by Gasteiger charge is 2.25. The summed E-state index contributed by atoms with van der Waals surface area (Å²) >= 11 is 9.12. The number of carbonyl (C=O) groups excluding carboxylic acids is 1. The van der Waals surface area contributed by atoms with Crippen molar-refractivity contribution >= 4 is 43.5 Å². The van der Waals surface area contributed by atoms with Gasteiger partial charge in [-0.25, -0.2) is 13.6 Å². The molecule has 2 atom stereocenters. The second-order valence-electron chi connectivity index (χ2n) is 5.40. The smallest absolute Gasteiger partial charge is 0.253 e. The number of sulfonamides is 1. The van der Waals surface area contributed by atoms with Crippen molar-refractivity contribution in [3.63, 3.8) is 0 Å². The zero-order chi connectivity index (χ0) is 15.8. The van der Waals surface area contributed by atoms with Crippen molar-refractivity contribution in [2.75, 3.05) is 0 Å². The van der Waals surface area contributed by atoms with E-state index in [4.69, 9.17) is 16.7 Å². The Balaban J connectivity index is 2.29. The molecule has 1 amide bonds. The first-order valence-corrected chi connectivity index (χ1v) is 9.23. The molecular weight excluding hydrogens is 380 g/mol. The van der Waals surface area contributed by atoms with Crippen LogP contribution in [-0.4, -0.2) is 20.4 Å². The number of nitrogens with two attached hydrogens (primary N) is 1. The fraction of sp³-hybridized carbons (Fsp3) is 0.462. The molecule has 8 heteroatoms. The van der Waals surface area contributed by atoms with E-state index in [-0.39, 0.29) is 31.9 Å². The molecule has 0 bridgehead atoms. The van der Waals surface area contributed by atoms with Crippen molar-refractivity contribution in [2.24, 2.45) is 11.1 Å². The van der Waals surface area contributed by atoms with Crippen LogP contribution in [-0.2, 0) is 10.0 Å². The number of carbonyl (C=O) groups is 1. The predicted octanol–water partition coefficient (Wildman–Crippen LogP) is 2.67. The van der Waals surface area contributed by atoms with Crippen LogP contribution in [0.3, 0.4) is 0 Å². The molecule has 0 aliphatic heterocycles. The summed E-state index contributed by atoms with van der Waals surface area (Å²) in [5.74, 6) is 0.201. The van der Waals surface area contributed by atoms with Crippen LogP contribution >= 0.6 is 27.5 Å². The van der Waals surface area contributed by atoms with E-state index in [0.717, 1.165) is 19.3 Å². The first-order valence-electron chi connectivity index (χ1n) is 6.51. The van der Waals surface area contributed by atoms with Gasteiger partial charge >= 0.3 is 0 Å². The molecule has 0 aromatic heterocycles. The maximum absolute atomic E-state index is 12.3. The number of amides is 1. The molecule has 5 nitrogen and oxygen atoms in total. The third-order valence-electron chi connectivity index (χ3n) is 3.60. The average Bonchev–Trinajstić information content (AvgIpc) is 2.72. The SMILES string of the molecule is CC1CCC(NC(=O)c2cc(S(N)(=O)=O)c(Br)cc2Cl)C1. The number of rotatable bonds is 3. The average molecular weight is 396 g/mol. The van der Waals surface area contributed by atoms with Gasteiger partial charge in [0, 0.05) is 10.5 Å². The Kier molecular flexibility index (Phi) is 4.97. The zero-order valence-corrected chi connectivity index (χ0v) is 14.6. The Labute approximate surface area is 137 Å². The number of nitrogens with one attached hydrogen (secondary N) is 1. The van der Waals surface area contributed by atoms with Crippen LogP contribution in [0.4, 0.5) is 0 Å². The number of primary sulfonamides is 1. The summed E-state index contributed by atoms with van der Waals surface area (Å²) in [7, 11) is -3.93. The predicted molar refractivity (Wildman–Crippen MR) is 84.8 cm³/mol. The zero-order valence-electron chi connectivity index (χ0n) is 11.4. The van der Waals surface area contributed by atoms with Crippen LogP contribution in [0.15, 0.2) is 21.5 Å². The van der Waals surface area contributed by atoms with Gasteiger partial charge in [0.2, 0.25) is 10.0 Å². The summed E-state index contributed by atoms with van der Waals surface area (Å²) in [6.45, 7) is 2.14. The van der Waals surface area contributed by atoms with E-state index in [9.17, 15) is 13.2 Å². The van der Waals surface area contributed by atoms with Crippen LogP contribution in [0, 0.1) is 5.92 Å². The monoisotopic (exact) mass is 394 g/mol. The van der Waals surface area contributed by atoms with Crippen LogP contribution < -0.4 is 10.5 Å². The summed E-state index contributed by atoms with van der Waals surface area (Å²) < 4.78 is 23.2. The molecule has 2 rings (SSSR count). The van der Waals surface area contributed by atoms with E-state index in [1.807, 2.05) is 0 Å². The molecular formula is C13H16BrClN2O3S. The van der Waals surface area contributed by atoms with Crippen LogP contribution in [0.25, 0.3) is 0 Å². The van der Waals surface area contributed by atoms with E-state index in [2.05, 4.69) is 28.2 Å². The maximum atomic E-state index is 12.3. The Bertz CT molecular complexity index is 678.